The van der Waals surface area contributed by atoms with Gasteiger partial charge in [-0.2, -0.15) is 0 Å². The van der Waals surface area contributed by atoms with Crippen molar-refractivity contribution in [2.45, 2.75) is 84.0 Å². The molecule has 0 heterocycles. The van der Waals surface area contributed by atoms with Gasteiger partial charge in [-0.1, -0.05) is 57.6 Å². The van der Waals surface area contributed by atoms with E-state index in [1.54, 1.807) is 12.1 Å². The van der Waals surface area contributed by atoms with Crippen LogP contribution in [0.15, 0.2) is 36.4 Å². The van der Waals surface area contributed by atoms with Crippen LogP contribution in [0.4, 0.5) is 4.39 Å². The van der Waals surface area contributed by atoms with Gasteiger partial charge in [-0.25, -0.2) is 4.39 Å². The second-order valence-corrected chi connectivity index (χ2v) is 9.14. The van der Waals surface area contributed by atoms with E-state index in [2.05, 4.69) is 19.1 Å². The quantitative estimate of drug-likeness (QED) is 0.309. The molecular formula is C26H39FO. The molecule has 0 unspecified atom stereocenters. The second-order valence-electron chi connectivity index (χ2n) is 9.14. The van der Waals surface area contributed by atoms with Gasteiger partial charge in [0.25, 0.3) is 0 Å². The van der Waals surface area contributed by atoms with Crippen LogP contribution in [-0.4, -0.2) is 6.61 Å². The van der Waals surface area contributed by atoms with Gasteiger partial charge in [0.15, 0.2) is 0 Å². The number of hydrogen-bond donors (Lipinski definition) is 0. The number of hydrogen-bond acceptors (Lipinski definition) is 1. The molecule has 0 spiro atoms. The first-order valence-corrected chi connectivity index (χ1v) is 11.8. The molecule has 0 saturated heterocycles. The number of allylic oxidation sites excluding steroid dienone is 1. The number of benzene rings is 1. The van der Waals surface area contributed by atoms with E-state index in [4.69, 9.17) is 4.74 Å². The maximum atomic E-state index is 12.9. The zero-order valence-corrected chi connectivity index (χ0v) is 17.8. The fraction of sp³-hybridized carbons (Fsp3) is 0.692. The van der Waals surface area contributed by atoms with Crippen LogP contribution in [0, 0.1) is 29.5 Å². The minimum Gasteiger partial charge on any atom is -0.490 e. The van der Waals surface area contributed by atoms with Crippen molar-refractivity contribution in [2.75, 3.05) is 6.61 Å². The fourth-order valence-electron chi connectivity index (χ4n) is 5.36. The van der Waals surface area contributed by atoms with Gasteiger partial charge in [0.1, 0.15) is 18.2 Å². The van der Waals surface area contributed by atoms with E-state index < -0.39 is 0 Å². The zero-order valence-electron chi connectivity index (χ0n) is 17.8. The van der Waals surface area contributed by atoms with Crippen molar-refractivity contribution in [3.8, 4) is 5.75 Å². The lowest BCUT2D eigenvalue weighted by molar-refractivity contribution is 0.151. The molecular weight excluding hydrogens is 347 g/mol. The Labute approximate surface area is 171 Å². The van der Waals surface area contributed by atoms with Crippen LogP contribution in [0.1, 0.15) is 84.0 Å². The maximum absolute atomic E-state index is 12.9. The van der Waals surface area contributed by atoms with Crippen molar-refractivity contribution in [3.05, 3.63) is 42.2 Å². The molecule has 0 aromatic heterocycles. The largest absolute Gasteiger partial charge is 0.490 e. The molecule has 1 aromatic rings. The third kappa shape index (κ3) is 6.94. The monoisotopic (exact) mass is 386 g/mol. The lowest BCUT2D eigenvalue weighted by Crippen LogP contribution is -2.25. The first-order chi connectivity index (χ1) is 13.7. The predicted octanol–water partition coefficient (Wildman–Crippen LogP) is 7.95. The summed E-state index contributed by atoms with van der Waals surface area (Å²) in [5.74, 6) is 4.26. The summed E-state index contributed by atoms with van der Waals surface area (Å²) in [7, 11) is 0. The van der Waals surface area contributed by atoms with Gasteiger partial charge >= 0.3 is 0 Å². The topological polar surface area (TPSA) is 9.23 Å². The summed E-state index contributed by atoms with van der Waals surface area (Å²) in [6.07, 6.45) is 21.7. The van der Waals surface area contributed by atoms with Gasteiger partial charge in [0.2, 0.25) is 0 Å². The first-order valence-electron chi connectivity index (χ1n) is 11.8. The third-order valence-electron chi connectivity index (χ3n) is 7.16. The molecule has 28 heavy (non-hydrogen) atoms. The van der Waals surface area contributed by atoms with E-state index in [0.717, 1.165) is 29.4 Å². The van der Waals surface area contributed by atoms with Crippen LogP contribution in [-0.2, 0) is 0 Å². The van der Waals surface area contributed by atoms with Gasteiger partial charge in [0, 0.05) is 0 Å². The van der Waals surface area contributed by atoms with E-state index >= 15 is 0 Å². The lowest BCUT2D eigenvalue weighted by Gasteiger charge is -2.37. The highest BCUT2D eigenvalue weighted by Gasteiger charge is 2.30. The molecule has 2 aliphatic carbocycles. The number of halogens is 1. The van der Waals surface area contributed by atoms with Crippen LogP contribution >= 0.6 is 0 Å². The molecule has 2 fully saturated rings. The standard InChI is InChI=1S/C26H39FO/c1-2-3-4-6-21-8-12-23(13-9-21)24-14-10-22(11-15-24)7-5-20-28-26-18-16-25(27)17-19-26/h5,7,16-19,21-24H,2-4,6,8-15,20H2,1H3/b7-5+. The molecule has 0 radical (unpaired) electrons. The lowest BCUT2D eigenvalue weighted by atomic mass is 9.68. The summed E-state index contributed by atoms with van der Waals surface area (Å²) in [5.41, 5.74) is 0. The Morgan fingerprint density at radius 1 is 0.893 bits per heavy atom. The first kappa shape index (κ1) is 21.4. The average Bonchev–Trinajstić information content (AvgIpc) is 2.74. The molecule has 0 aliphatic heterocycles. The third-order valence-corrected chi connectivity index (χ3v) is 7.16. The molecule has 2 saturated carbocycles. The molecule has 1 aromatic carbocycles. The molecule has 2 heteroatoms. The number of rotatable bonds is 9. The van der Waals surface area contributed by atoms with Crippen molar-refractivity contribution < 1.29 is 9.13 Å². The predicted molar refractivity (Wildman–Crippen MR) is 116 cm³/mol. The Morgan fingerprint density at radius 3 is 2.18 bits per heavy atom. The molecule has 3 rings (SSSR count). The number of ether oxygens (including phenoxy) is 1. The normalized spacial score (nSPS) is 28.5. The summed E-state index contributed by atoms with van der Waals surface area (Å²) in [6, 6.07) is 6.26. The summed E-state index contributed by atoms with van der Waals surface area (Å²) in [5, 5.41) is 0. The molecule has 0 bridgehead atoms. The second kappa shape index (κ2) is 11.6. The van der Waals surface area contributed by atoms with Crippen LogP contribution in [0.5, 0.6) is 5.75 Å². The van der Waals surface area contributed by atoms with Gasteiger partial charge in [-0.15, -0.1) is 0 Å². The van der Waals surface area contributed by atoms with Gasteiger partial charge in [0.05, 0.1) is 0 Å². The molecule has 2 aliphatic rings. The van der Waals surface area contributed by atoms with Crippen molar-refractivity contribution in [1.82, 2.24) is 0 Å². The number of unbranched alkanes of at least 4 members (excludes halogenated alkanes) is 2. The fourth-order valence-corrected chi connectivity index (χ4v) is 5.36. The van der Waals surface area contributed by atoms with Crippen molar-refractivity contribution in [3.63, 3.8) is 0 Å². The van der Waals surface area contributed by atoms with Gasteiger partial charge in [-0.3, -0.25) is 0 Å². The van der Waals surface area contributed by atoms with Crippen molar-refractivity contribution in [1.29, 1.82) is 0 Å². The van der Waals surface area contributed by atoms with Crippen molar-refractivity contribution in [2.24, 2.45) is 23.7 Å². The van der Waals surface area contributed by atoms with Gasteiger partial charge < -0.3 is 4.74 Å². The van der Waals surface area contributed by atoms with Crippen LogP contribution in [0.25, 0.3) is 0 Å². The van der Waals surface area contributed by atoms with Crippen LogP contribution in [0.2, 0.25) is 0 Å². The summed E-state index contributed by atoms with van der Waals surface area (Å²) < 4.78 is 18.6. The molecule has 1 nitrogen and oxygen atoms in total. The Balaban J connectivity index is 1.30. The van der Waals surface area contributed by atoms with Crippen LogP contribution in [0.3, 0.4) is 0 Å². The Bertz CT molecular complexity index is 563. The van der Waals surface area contributed by atoms with E-state index in [9.17, 15) is 4.39 Å². The highest BCUT2D eigenvalue weighted by Crippen LogP contribution is 2.42. The smallest absolute Gasteiger partial charge is 0.123 e. The SMILES string of the molecule is CCCCCC1CCC(C2CCC(/C=C/COc3ccc(F)cc3)CC2)CC1. The molecule has 156 valence electrons. The molecule has 0 atom stereocenters. The van der Waals surface area contributed by atoms with Gasteiger partial charge in [-0.05, 0) is 86.5 Å². The van der Waals surface area contributed by atoms with E-state index in [-0.39, 0.29) is 5.82 Å². The minimum atomic E-state index is -0.218. The molecule has 0 amide bonds. The Kier molecular flexibility index (Phi) is 8.89. The van der Waals surface area contributed by atoms with Crippen molar-refractivity contribution >= 4 is 0 Å². The summed E-state index contributed by atoms with van der Waals surface area (Å²) in [4.78, 5) is 0. The Morgan fingerprint density at radius 2 is 1.54 bits per heavy atom. The summed E-state index contributed by atoms with van der Waals surface area (Å²) in [6.45, 7) is 2.88. The summed E-state index contributed by atoms with van der Waals surface area (Å²) >= 11 is 0. The molecule has 0 N–H and O–H groups in total. The van der Waals surface area contributed by atoms with Crippen LogP contribution < -0.4 is 4.74 Å². The highest BCUT2D eigenvalue weighted by molar-refractivity contribution is 5.22. The highest BCUT2D eigenvalue weighted by atomic mass is 19.1. The Hall–Kier alpha value is -1.31. The van der Waals surface area contributed by atoms with E-state index in [1.807, 2.05) is 0 Å². The van der Waals surface area contributed by atoms with E-state index in [1.165, 1.54) is 89.2 Å². The zero-order chi connectivity index (χ0) is 19.6. The minimum absolute atomic E-state index is 0.218. The maximum Gasteiger partial charge on any atom is 0.123 e. The average molecular weight is 387 g/mol. The van der Waals surface area contributed by atoms with E-state index in [0.29, 0.717) is 6.61 Å².